The number of carboxylic acids is 1. The number of aromatic carboxylic acids is 1. The van der Waals surface area contributed by atoms with Gasteiger partial charge in [0.25, 0.3) is 0 Å². The molecule has 5 heteroatoms. The first-order valence-electron chi connectivity index (χ1n) is 5.36. The van der Waals surface area contributed by atoms with Crippen molar-refractivity contribution in [1.82, 2.24) is 0 Å². The second-order valence-corrected chi connectivity index (χ2v) is 3.97. The summed E-state index contributed by atoms with van der Waals surface area (Å²) in [6.45, 7) is 0. The normalized spacial score (nSPS) is 10.9. The molecule has 1 aliphatic heterocycles. The number of fused-ring (bicyclic) bond motifs is 2. The second-order valence-electron chi connectivity index (χ2n) is 3.97. The average Bonchev–Trinajstić information content (AvgIpc) is 2.35. The molecule has 0 atom stereocenters. The van der Waals surface area contributed by atoms with E-state index in [1.54, 1.807) is 18.2 Å². The molecule has 0 spiro atoms. The summed E-state index contributed by atoms with van der Waals surface area (Å²) in [5.41, 5.74) is 2.09. The van der Waals surface area contributed by atoms with Crippen molar-refractivity contribution in [2.45, 2.75) is 6.42 Å². The van der Waals surface area contributed by atoms with Gasteiger partial charge in [-0.15, -0.1) is 0 Å². The third-order valence-electron chi connectivity index (χ3n) is 2.92. The van der Waals surface area contributed by atoms with Crippen molar-refractivity contribution >= 4 is 5.97 Å². The van der Waals surface area contributed by atoms with Gasteiger partial charge in [0.05, 0.1) is 5.56 Å². The molecular formula is C14H11NaO4. The van der Waals surface area contributed by atoms with E-state index in [2.05, 4.69) is 0 Å². The topological polar surface area (TPSA) is 76.5 Å². The van der Waals surface area contributed by atoms with E-state index in [9.17, 15) is 4.79 Å². The van der Waals surface area contributed by atoms with Gasteiger partial charge >= 0.3 is 35.5 Å². The molecule has 2 aromatic rings. The van der Waals surface area contributed by atoms with Crippen LogP contribution in [0.4, 0.5) is 0 Å². The van der Waals surface area contributed by atoms with Crippen LogP contribution in [0, 0.1) is 0 Å². The van der Waals surface area contributed by atoms with Gasteiger partial charge in [-0.1, -0.05) is 24.3 Å². The van der Waals surface area contributed by atoms with Crippen LogP contribution in [0.3, 0.4) is 0 Å². The standard InChI is InChI=1S/C14H10O3.Na.H2O/c15-14(16)10-5-3-7-13-11(10)8-9-4-1-2-6-12(9)17-13;;/h1-7H,8H2,(H,15,16);;1H2/q;+1;/p-1. The molecule has 0 amide bonds. The summed E-state index contributed by atoms with van der Waals surface area (Å²) in [5, 5.41) is 9.13. The Morgan fingerprint density at radius 2 is 1.74 bits per heavy atom. The summed E-state index contributed by atoms with van der Waals surface area (Å²) < 4.78 is 5.70. The number of hydrogen-bond donors (Lipinski definition) is 1. The minimum Gasteiger partial charge on any atom is -0.870 e. The smallest absolute Gasteiger partial charge is 0.870 e. The molecule has 0 radical (unpaired) electrons. The predicted molar refractivity (Wildman–Crippen MR) is 64.7 cm³/mol. The number of carboxylic acid groups (broad SMARTS) is 1. The van der Waals surface area contributed by atoms with Gasteiger partial charge in [-0.05, 0) is 23.8 Å². The van der Waals surface area contributed by atoms with Gasteiger partial charge in [-0.25, -0.2) is 4.79 Å². The van der Waals surface area contributed by atoms with E-state index in [0.717, 1.165) is 16.9 Å². The van der Waals surface area contributed by atoms with Gasteiger partial charge in [0.1, 0.15) is 11.5 Å². The number of benzene rings is 2. The van der Waals surface area contributed by atoms with Crippen molar-refractivity contribution in [2.75, 3.05) is 0 Å². The Hall–Kier alpha value is -1.33. The first-order valence-corrected chi connectivity index (χ1v) is 5.36. The van der Waals surface area contributed by atoms with E-state index in [-0.39, 0.29) is 35.0 Å². The van der Waals surface area contributed by atoms with Crippen LogP contribution in [0.2, 0.25) is 0 Å². The molecule has 2 N–H and O–H groups in total. The predicted octanol–water partition coefficient (Wildman–Crippen LogP) is -0.0915. The van der Waals surface area contributed by atoms with E-state index < -0.39 is 5.97 Å². The van der Waals surface area contributed by atoms with E-state index >= 15 is 0 Å². The molecule has 92 valence electrons. The molecule has 0 aromatic heterocycles. The quantitative estimate of drug-likeness (QED) is 0.624. The Morgan fingerprint density at radius 3 is 2.47 bits per heavy atom. The first-order chi connectivity index (χ1) is 8.25. The van der Waals surface area contributed by atoms with E-state index in [1.807, 2.05) is 24.3 Å². The Morgan fingerprint density at radius 1 is 1.05 bits per heavy atom. The van der Waals surface area contributed by atoms with Crippen molar-refractivity contribution in [3.63, 3.8) is 0 Å². The van der Waals surface area contributed by atoms with Gasteiger partial charge < -0.3 is 15.3 Å². The zero-order chi connectivity index (χ0) is 11.8. The molecule has 0 aliphatic carbocycles. The Balaban J connectivity index is 0.000000902. The first kappa shape index (κ1) is 15.7. The molecule has 0 fully saturated rings. The number of hydrogen-bond acceptors (Lipinski definition) is 3. The van der Waals surface area contributed by atoms with Crippen LogP contribution in [-0.4, -0.2) is 16.6 Å². The van der Waals surface area contributed by atoms with Gasteiger partial charge in [-0.2, -0.15) is 0 Å². The molecule has 0 bridgehead atoms. The monoisotopic (exact) mass is 266 g/mol. The molecule has 0 saturated carbocycles. The molecule has 2 aromatic carbocycles. The summed E-state index contributed by atoms with van der Waals surface area (Å²) >= 11 is 0. The second kappa shape index (κ2) is 6.21. The van der Waals surface area contributed by atoms with Crippen LogP contribution in [-0.2, 0) is 6.42 Å². The van der Waals surface area contributed by atoms with Crippen LogP contribution in [0.25, 0.3) is 0 Å². The zero-order valence-electron chi connectivity index (χ0n) is 10.5. The largest absolute Gasteiger partial charge is 1.00 e. The summed E-state index contributed by atoms with van der Waals surface area (Å²) in [6.07, 6.45) is 0.605. The summed E-state index contributed by atoms with van der Waals surface area (Å²) in [6, 6.07) is 12.8. The SMILES string of the molecule is O=C(O)c1cccc2c1Cc1ccccc1O2.[Na+].[OH-]. The maximum absolute atomic E-state index is 11.1. The maximum Gasteiger partial charge on any atom is 1.00 e. The van der Waals surface area contributed by atoms with Gasteiger partial charge in [0, 0.05) is 12.0 Å². The molecule has 19 heavy (non-hydrogen) atoms. The van der Waals surface area contributed by atoms with Crippen molar-refractivity contribution in [1.29, 1.82) is 0 Å². The van der Waals surface area contributed by atoms with Crippen LogP contribution in [0.1, 0.15) is 21.5 Å². The number of rotatable bonds is 1. The van der Waals surface area contributed by atoms with E-state index in [1.165, 1.54) is 0 Å². The molecule has 0 saturated heterocycles. The average molecular weight is 266 g/mol. The van der Waals surface area contributed by atoms with Crippen LogP contribution in [0.15, 0.2) is 42.5 Å². The number of para-hydroxylation sites is 1. The third kappa shape index (κ3) is 2.82. The minimum atomic E-state index is -0.912. The molecule has 1 heterocycles. The van der Waals surface area contributed by atoms with Crippen LogP contribution in [0.5, 0.6) is 11.5 Å². The van der Waals surface area contributed by atoms with E-state index in [4.69, 9.17) is 9.84 Å². The number of carbonyl (C=O) groups is 1. The van der Waals surface area contributed by atoms with Crippen LogP contribution < -0.4 is 34.3 Å². The van der Waals surface area contributed by atoms with Crippen LogP contribution >= 0.6 is 0 Å². The maximum atomic E-state index is 11.1. The van der Waals surface area contributed by atoms with Gasteiger partial charge in [0.2, 0.25) is 0 Å². The van der Waals surface area contributed by atoms with Gasteiger partial charge in [0.15, 0.2) is 0 Å². The van der Waals surface area contributed by atoms with E-state index in [0.29, 0.717) is 17.7 Å². The molecule has 3 rings (SSSR count). The zero-order valence-corrected chi connectivity index (χ0v) is 12.5. The van der Waals surface area contributed by atoms with Crippen molar-refractivity contribution in [3.8, 4) is 11.5 Å². The third-order valence-corrected chi connectivity index (χ3v) is 2.92. The fourth-order valence-electron chi connectivity index (χ4n) is 2.10. The summed E-state index contributed by atoms with van der Waals surface area (Å²) in [4.78, 5) is 11.1. The van der Waals surface area contributed by atoms with Gasteiger partial charge in [-0.3, -0.25) is 0 Å². The van der Waals surface area contributed by atoms with Crippen molar-refractivity contribution in [2.24, 2.45) is 0 Å². The fourth-order valence-corrected chi connectivity index (χ4v) is 2.10. The van der Waals surface area contributed by atoms with Crippen molar-refractivity contribution in [3.05, 3.63) is 59.2 Å². The molecule has 1 aliphatic rings. The number of ether oxygens (including phenoxy) is 1. The summed E-state index contributed by atoms with van der Waals surface area (Å²) in [5.74, 6) is 0.538. The molecule has 4 nitrogen and oxygen atoms in total. The fraction of sp³-hybridized carbons (Fsp3) is 0.0714. The Bertz CT molecular complexity index is 610. The molecular weight excluding hydrogens is 255 g/mol. The molecule has 0 unspecified atom stereocenters. The summed E-state index contributed by atoms with van der Waals surface area (Å²) in [7, 11) is 0. The Labute approximate surface area is 132 Å². The van der Waals surface area contributed by atoms with Crippen molar-refractivity contribution < 1.29 is 49.7 Å². The minimum absolute atomic E-state index is 0. The Kier molecular flexibility index (Phi) is 5.14.